The van der Waals surface area contributed by atoms with E-state index in [0.29, 0.717) is 0 Å². The van der Waals surface area contributed by atoms with Gasteiger partial charge in [-0.3, -0.25) is 0 Å². The van der Waals surface area contributed by atoms with Crippen LogP contribution in [0.15, 0.2) is 91.0 Å². The maximum atomic E-state index is 3.12. The highest BCUT2D eigenvalue weighted by atomic mass is 14.1. The van der Waals surface area contributed by atoms with Crippen molar-refractivity contribution in [1.82, 2.24) is 0 Å². The highest BCUT2D eigenvalue weighted by molar-refractivity contribution is 6.28. The monoisotopic (exact) mass is 303 g/mol. The Morgan fingerprint density at radius 1 is 0.458 bits per heavy atom. The molecule has 0 heteroatoms. The van der Waals surface area contributed by atoms with Crippen LogP contribution in [0.1, 0.15) is 0 Å². The highest BCUT2D eigenvalue weighted by Crippen LogP contribution is 2.39. The van der Waals surface area contributed by atoms with Gasteiger partial charge in [-0.1, -0.05) is 91.0 Å². The summed E-state index contributed by atoms with van der Waals surface area (Å²) >= 11 is 0. The molecule has 5 rings (SSSR count). The van der Waals surface area contributed by atoms with E-state index in [4.69, 9.17) is 0 Å². The van der Waals surface area contributed by atoms with Crippen LogP contribution in [-0.2, 0) is 0 Å². The van der Waals surface area contributed by atoms with E-state index in [1.807, 2.05) is 12.1 Å². The number of benzene rings is 5. The van der Waals surface area contributed by atoms with Crippen LogP contribution >= 0.6 is 0 Å². The summed E-state index contributed by atoms with van der Waals surface area (Å²) in [5.41, 5.74) is 2.52. The lowest BCUT2D eigenvalue weighted by molar-refractivity contribution is 1.65. The fourth-order valence-corrected chi connectivity index (χ4v) is 3.76. The Kier molecular flexibility index (Phi) is 2.89. The minimum absolute atomic E-state index is 1.24. The topological polar surface area (TPSA) is 0 Å². The van der Waals surface area contributed by atoms with E-state index < -0.39 is 0 Å². The van der Waals surface area contributed by atoms with Gasteiger partial charge in [0, 0.05) is 0 Å². The van der Waals surface area contributed by atoms with Gasteiger partial charge in [-0.25, -0.2) is 0 Å². The van der Waals surface area contributed by atoms with Crippen LogP contribution in [0.5, 0.6) is 0 Å². The molecule has 0 atom stereocenters. The van der Waals surface area contributed by atoms with Crippen LogP contribution < -0.4 is 0 Å². The first-order valence-electron chi connectivity index (χ1n) is 8.22. The number of hydrogen-bond acceptors (Lipinski definition) is 0. The Morgan fingerprint density at radius 3 is 1.58 bits per heavy atom. The van der Waals surface area contributed by atoms with Crippen molar-refractivity contribution in [3.63, 3.8) is 0 Å². The molecule has 1 radical (unpaired) electrons. The largest absolute Gasteiger partial charge is 0.0616 e. The lowest BCUT2D eigenvalue weighted by atomic mass is 9.89. The van der Waals surface area contributed by atoms with Crippen molar-refractivity contribution in [2.24, 2.45) is 0 Å². The first-order valence-corrected chi connectivity index (χ1v) is 8.22. The van der Waals surface area contributed by atoms with Crippen molar-refractivity contribution in [3.05, 3.63) is 97.1 Å². The van der Waals surface area contributed by atoms with E-state index in [-0.39, 0.29) is 0 Å². The second-order valence-electron chi connectivity index (χ2n) is 6.11. The minimum Gasteiger partial charge on any atom is -0.0616 e. The Balaban J connectivity index is 2.09. The highest BCUT2D eigenvalue weighted by Gasteiger charge is 2.11. The third kappa shape index (κ3) is 1.87. The number of hydrogen-bond donors (Lipinski definition) is 0. The summed E-state index contributed by atoms with van der Waals surface area (Å²) in [6, 6.07) is 35.4. The van der Waals surface area contributed by atoms with Crippen molar-refractivity contribution in [3.8, 4) is 11.1 Å². The zero-order valence-corrected chi connectivity index (χ0v) is 13.2. The SMILES string of the molecule is [c]1ccc(-c2cccc3c4ccccc4c4ccccc4c23)cc1. The molecule has 0 unspecified atom stereocenters. The van der Waals surface area contributed by atoms with Gasteiger partial charge < -0.3 is 0 Å². The third-order valence-corrected chi connectivity index (χ3v) is 4.80. The molecule has 0 aromatic heterocycles. The predicted molar refractivity (Wildman–Crippen MR) is 103 cm³/mol. The molecule has 0 heterocycles. The van der Waals surface area contributed by atoms with Gasteiger partial charge in [0.05, 0.1) is 0 Å². The normalized spacial score (nSPS) is 11.3. The van der Waals surface area contributed by atoms with Crippen molar-refractivity contribution in [1.29, 1.82) is 0 Å². The lowest BCUT2D eigenvalue weighted by Crippen LogP contribution is -1.86. The summed E-state index contributed by atoms with van der Waals surface area (Å²) in [4.78, 5) is 0. The van der Waals surface area contributed by atoms with Crippen molar-refractivity contribution in [2.75, 3.05) is 0 Å². The first-order chi connectivity index (χ1) is 11.9. The van der Waals surface area contributed by atoms with Gasteiger partial charge in [0.15, 0.2) is 0 Å². The molecule has 0 aliphatic rings. The zero-order chi connectivity index (χ0) is 15.9. The molecule has 111 valence electrons. The van der Waals surface area contributed by atoms with Gasteiger partial charge in [-0.15, -0.1) is 0 Å². The molecule has 0 bridgehead atoms. The van der Waals surface area contributed by atoms with Gasteiger partial charge in [0.2, 0.25) is 0 Å². The third-order valence-electron chi connectivity index (χ3n) is 4.80. The molecule has 0 amide bonds. The van der Waals surface area contributed by atoms with Crippen molar-refractivity contribution < 1.29 is 0 Å². The maximum Gasteiger partial charge on any atom is -0.00204 e. The van der Waals surface area contributed by atoms with Crippen LogP contribution in [-0.4, -0.2) is 0 Å². The maximum absolute atomic E-state index is 3.12. The fourth-order valence-electron chi connectivity index (χ4n) is 3.76. The first kappa shape index (κ1) is 13.3. The Morgan fingerprint density at radius 2 is 0.958 bits per heavy atom. The Hall–Kier alpha value is -3.12. The smallest absolute Gasteiger partial charge is 0.00204 e. The molecular formula is C24H15. The number of rotatable bonds is 1. The molecular weight excluding hydrogens is 288 g/mol. The van der Waals surface area contributed by atoms with Gasteiger partial charge in [0.25, 0.3) is 0 Å². The summed E-state index contributed by atoms with van der Waals surface area (Å²) in [7, 11) is 0. The second-order valence-corrected chi connectivity index (χ2v) is 6.11. The minimum atomic E-state index is 1.24. The van der Waals surface area contributed by atoms with Crippen molar-refractivity contribution >= 4 is 32.3 Å². The molecule has 0 spiro atoms. The lowest BCUT2D eigenvalue weighted by Gasteiger charge is -2.14. The molecule has 5 aromatic rings. The molecule has 0 saturated heterocycles. The zero-order valence-electron chi connectivity index (χ0n) is 13.2. The van der Waals surface area contributed by atoms with E-state index in [1.165, 1.54) is 43.4 Å². The number of fused-ring (bicyclic) bond motifs is 6. The summed E-state index contributed by atoms with van der Waals surface area (Å²) in [5, 5.41) is 7.91. The average molecular weight is 303 g/mol. The van der Waals surface area contributed by atoms with Crippen LogP contribution in [0.4, 0.5) is 0 Å². The average Bonchev–Trinajstić information content (AvgIpc) is 2.68. The van der Waals surface area contributed by atoms with Gasteiger partial charge >= 0.3 is 0 Å². The van der Waals surface area contributed by atoms with E-state index >= 15 is 0 Å². The van der Waals surface area contributed by atoms with Crippen LogP contribution in [0.3, 0.4) is 0 Å². The van der Waals surface area contributed by atoms with E-state index in [9.17, 15) is 0 Å². The molecule has 0 aliphatic heterocycles. The molecule has 0 saturated carbocycles. The van der Waals surface area contributed by atoms with E-state index in [1.54, 1.807) is 0 Å². The molecule has 0 aliphatic carbocycles. The summed E-state index contributed by atoms with van der Waals surface area (Å²) in [6.45, 7) is 0. The summed E-state index contributed by atoms with van der Waals surface area (Å²) < 4.78 is 0. The Bertz CT molecular complexity index is 1140. The van der Waals surface area contributed by atoms with Crippen LogP contribution in [0.25, 0.3) is 43.4 Å². The van der Waals surface area contributed by atoms with E-state index in [0.717, 1.165) is 0 Å². The summed E-state index contributed by atoms with van der Waals surface area (Å²) in [5.74, 6) is 0. The fraction of sp³-hybridized carbons (Fsp3) is 0. The summed E-state index contributed by atoms with van der Waals surface area (Å²) in [6.07, 6.45) is 0. The molecule has 24 heavy (non-hydrogen) atoms. The van der Waals surface area contributed by atoms with Gasteiger partial charge in [-0.05, 0) is 49.5 Å². The Labute approximate surface area is 141 Å². The van der Waals surface area contributed by atoms with Crippen LogP contribution in [0.2, 0.25) is 0 Å². The molecule has 5 aromatic carbocycles. The standard InChI is InChI=1S/C24H15/c1-2-9-17(10-3-1)18-15-8-16-23-21-12-5-4-11-19(21)20-13-6-7-14-22(20)24(18)23/h2-16H. The molecule has 0 nitrogen and oxygen atoms in total. The quantitative estimate of drug-likeness (QED) is 0.305. The molecule has 0 fully saturated rings. The predicted octanol–water partition coefficient (Wildman–Crippen LogP) is 6.61. The van der Waals surface area contributed by atoms with E-state index in [2.05, 4.69) is 84.9 Å². The second kappa shape index (κ2) is 5.21. The van der Waals surface area contributed by atoms with Gasteiger partial charge in [0.1, 0.15) is 0 Å². The van der Waals surface area contributed by atoms with Crippen LogP contribution in [0, 0.1) is 6.07 Å². The molecule has 0 N–H and O–H groups in total. The van der Waals surface area contributed by atoms with Crippen molar-refractivity contribution in [2.45, 2.75) is 0 Å². The van der Waals surface area contributed by atoms with Gasteiger partial charge in [-0.2, -0.15) is 0 Å².